The van der Waals surface area contributed by atoms with Crippen molar-refractivity contribution in [3.63, 3.8) is 0 Å². The molecule has 3 amide bonds. The summed E-state index contributed by atoms with van der Waals surface area (Å²) >= 11 is 0. The maximum atomic E-state index is 13.5. The van der Waals surface area contributed by atoms with Crippen molar-refractivity contribution in [2.45, 2.75) is 32.2 Å². The molecule has 3 aliphatic rings. The van der Waals surface area contributed by atoms with Crippen LogP contribution in [0.1, 0.15) is 21.6 Å². The Morgan fingerprint density at radius 2 is 1.80 bits per heavy atom. The van der Waals surface area contributed by atoms with Crippen LogP contribution in [0.2, 0.25) is 0 Å². The van der Waals surface area contributed by atoms with Crippen LogP contribution in [0, 0.1) is 6.92 Å². The van der Waals surface area contributed by atoms with E-state index in [-0.39, 0.29) is 61.5 Å². The van der Waals surface area contributed by atoms with E-state index in [1.807, 2.05) is 24.3 Å². The third-order valence-corrected chi connectivity index (χ3v) is 7.76. The molecule has 4 heterocycles. The molecule has 0 spiro atoms. The van der Waals surface area contributed by atoms with Gasteiger partial charge in [-0.3, -0.25) is 19.2 Å². The van der Waals surface area contributed by atoms with Crippen molar-refractivity contribution in [1.82, 2.24) is 25.3 Å². The maximum absolute atomic E-state index is 13.5. The Labute approximate surface area is 252 Å². The average Bonchev–Trinajstić information content (AvgIpc) is 3.43. The second kappa shape index (κ2) is 12.1. The van der Waals surface area contributed by atoms with Crippen molar-refractivity contribution in [2.75, 3.05) is 26.8 Å². The largest absolute Gasteiger partial charge is 0.493 e. The van der Waals surface area contributed by atoms with E-state index >= 15 is 0 Å². The van der Waals surface area contributed by atoms with Crippen LogP contribution >= 0.6 is 0 Å². The van der Waals surface area contributed by atoms with E-state index in [2.05, 4.69) is 15.7 Å². The first kappa shape index (κ1) is 28.7. The van der Waals surface area contributed by atoms with Gasteiger partial charge in [0, 0.05) is 24.0 Å². The van der Waals surface area contributed by atoms with Crippen LogP contribution in [-0.2, 0) is 22.7 Å². The van der Waals surface area contributed by atoms with Gasteiger partial charge in [0.05, 0.1) is 30.8 Å². The number of fused-ring (bicyclic) bond motifs is 8. The number of rotatable bonds is 3. The molecule has 3 aromatic carbocycles. The van der Waals surface area contributed by atoms with E-state index in [0.717, 1.165) is 10.9 Å². The van der Waals surface area contributed by atoms with Crippen molar-refractivity contribution >= 4 is 28.5 Å². The molecule has 0 radical (unpaired) electrons. The zero-order chi connectivity index (χ0) is 30.8. The molecule has 4 aromatic rings. The minimum atomic E-state index is -0.582. The van der Waals surface area contributed by atoms with Crippen LogP contribution in [0.4, 0.5) is 0 Å². The molecule has 7 rings (SSSR count). The van der Waals surface area contributed by atoms with Gasteiger partial charge in [0.1, 0.15) is 18.4 Å². The highest BCUT2D eigenvalue weighted by Crippen LogP contribution is 2.29. The number of hydrogen-bond donors (Lipinski definition) is 2. The molecule has 12 nitrogen and oxygen atoms in total. The van der Waals surface area contributed by atoms with E-state index in [1.165, 1.54) is 17.9 Å². The summed E-state index contributed by atoms with van der Waals surface area (Å²) in [5.41, 5.74) is 1.43. The molecular formula is C32H31N5O7. The summed E-state index contributed by atoms with van der Waals surface area (Å²) in [6.45, 7) is 1.91. The first-order chi connectivity index (χ1) is 21.3. The number of aromatic nitrogens is 2. The molecule has 2 N–H and O–H groups in total. The number of hydrogen-bond acceptors (Lipinski definition) is 8. The van der Waals surface area contributed by atoms with Gasteiger partial charge in [-0.25, -0.2) is 4.68 Å². The number of carbonyl (C=O) groups excluding carboxylic acids is 3. The zero-order valence-corrected chi connectivity index (χ0v) is 24.2. The van der Waals surface area contributed by atoms with Gasteiger partial charge in [-0.15, -0.1) is 0 Å². The topological polar surface area (TPSA) is 141 Å². The van der Waals surface area contributed by atoms with E-state index < -0.39 is 18.1 Å². The molecule has 2 atom stereocenters. The third-order valence-electron chi connectivity index (χ3n) is 7.76. The summed E-state index contributed by atoms with van der Waals surface area (Å²) in [5, 5.41) is 11.4. The number of amides is 3. The summed E-state index contributed by atoms with van der Waals surface area (Å²) in [6, 6.07) is 18.5. The molecule has 12 heteroatoms. The van der Waals surface area contributed by atoms with Gasteiger partial charge in [-0.2, -0.15) is 5.10 Å². The summed E-state index contributed by atoms with van der Waals surface area (Å²) in [4.78, 5) is 54.0. The highest BCUT2D eigenvalue weighted by Gasteiger charge is 2.38. The smallest absolute Gasteiger partial charge is 0.275 e. The van der Waals surface area contributed by atoms with Crippen LogP contribution < -0.4 is 30.4 Å². The first-order valence-corrected chi connectivity index (χ1v) is 14.2. The molecule has 44 heavy (non-hydrogen) atoms. The van der Waals surface area contributed by atoms with E-state index in [0.29, 0.717) is 22.6 Å². The lowest BCUT2D eigenvalue weighted by Crippen LogP contribution is -2.45. The number of ether oxygens (including phenoxy) is 3. The quantitative estimate of drug-likeness (QED) is 0.365. The lowest BCUT2D eigenvalue weighted by Gasteiger charge is -2.21. The fourth-order valence-electron chi connectivity index (χ4n) is 5.41. The monoisotopic (exact) mass is 597 g/mol. The predicted molar refractivity (Wildman–Crippen MR) is 160 cm³/mol. The molecule has 1 fully saturated rings. The fourth-order valence-corrected chi connectivity index (χ4v) is 5.41. The van der Waals surface area contributed by atoms with Crippen LogP contribution in [0.25, 0.3) is 10.8 Å². The lowest BCUT2D eigenvalue weighted by molar-refractivity contribution is -0.131. The molecule has 0 unspecified atom stereocenters. The molecule has 0 saturated carbocycles. The van der Waals surface area contributed by atoms with Gasteiger partial charge >= 0.3 is 0 Å². The molecule has 4 bridgehead atoms. The van der Waals surface area contributed by atoms with E-state index in [4.69, 9.17) is 14.2 Å². The highest BCUT2D eigenvalue weighted by atomic mass is 16.5. The number of likely N-dealkylation sites (tertiary alicyclic amines) is 1. The first-order valence-electron chi connectivity index (χ1n) is 14.2. The SMILES string of the molecule is COc1ccc2cc1OCC(=O)NCc1ccc(cc1)O[C@H]1CN(C(=O)Cn3nc(C)c4ccccc4c3=O)C[C@@H]1NC2=O. The zero-order valence-electron chi connectivity index (χ0n) is 24.2. The third kappa shape index (κ3) is 5.91. The van der Waals surface area contributed by atoms with Crippen LogP contribution in [-0.4, -0.2) is 71.4 Å². The molecule has 226 valence electrons. The minimum Gasteiger partial charge on any atom is -0.493 e. The molecule has 0 aliphatic carbocycles. The van der Waals surface area contributed by atoms with Crippen molar-refractivity contribution in [3.05, 3.63) is 93.9 Å². The Morgan fingerprint density at radius 1 is 1.02 bits per heavy atom. The van der Waals surface area contributed by atoms with Crippen molar-refractivity contribution in [2.24, 2.45) is 0 Å². The van der Waals surface area contributed by atoms with E-state index in [1.54, 1.807) is 48.2 Å². The van der Waals surface area contributed by atoms with Gasteiger partial charge in [0.2, 0.25) is 5.91 Å². The van der Waals surface area contributed by atoms with Gasteiger partial charge in [-0.1, -0.05) is 30.3 Å². The Balaban J connectivity index is 1.27. The predicted octanol–water partition coefficient (Wildman–Crippen LogP) is 1.81. The lowest BCUT2D eigenvalue weighted by atomic mass is 10.1. The average molecular weight is 598 g/mol. The van der Waals surface area contributed by atoms with Crippen LogP contribution in [0.15, 0.2) is 71.5 Å². The molecule has 3 aliphatic heterocycles. The maximum Gasteiger partial charge on any atom is 0.275 e. The van der Waals surface area contributed by atoms with Crippen LogP contribution in [0.3, 0.4) is 0 Å². The fraction of sp³-hybridized carbons (Fsp3) is 0.281. The number of carbonyl (C=O) groups is 3. The Morgan fingerprint density at radius 3 is 2.57 bits per heavy atom. The normalized spacial score (nSPS) is 18.5. The number of aryl methyl sites for hydroxylation is 1. The summed E-state index contributed by atoms with van der Waals surface area (Å²) in [6.07, 6.45) is -0.582. The van der Waals surface area contributed by atoms with Crippen molar-refractivity contribution < 1.29 is 28.6 Å². The molecule has 1 aromatic heterocycles. The molecule has 1 saturated heterocycles. The number of methoxy groups -OCH3 is 1. The Bertz CT molecular complexity index is 1800. The minimum absolute atomic E-state index is 0.159. The van der Waals surface area contributed by atoms with Crippen molar-refractivity contribution in [1.29, 1.82) is 0 Å². The van der Waals surface area contributed by atoms with Gasteiger partial charge < -0.3 is 29.7 Å². The van der Waals surface area contributed by atoms with Gasteiger partial charge in [0.25, 0.3) is 17.4 Å². The highest BCUT2D eigenvalue weighted by molar-refractivity contribution is 5.95. The second-order valence-electron chi connectivity index (χ2n) is 10.7. The number of benzene rings is 3. The van der Waals surface area contributed by atoms with Gasteiger partial charge in [-0.05, 0) is 48.9 Å². The Hall–Kier alpha value is -5.39. The summed E-state index contributed by atoms with van der Waals surface area (Å²) < 4.78 is 18.5. The molecular weight excluding hydrogens is 566 g/mol. The summed E-state index contributed by atoms with van der Waals surface area (Å²) in [5.74, 6) is 0.0751. The van der Waals surface area contributed by atoms with E-state index in [9.17, 15) is 19.2 Å². The number of nitrogens with zero attached hydrogens (tertiary/aromatic N) is 3. The summed E-state index contributed by atoms with van der Waals surface area (Å²) in [7, 11) is 1.47. The standard InChI is InChI=1S/C32H31N5O7/c1-19-23-5-3-4-6-24(23)32(41)37(35-19)17-30(39)36-15-25-28(16-36)44-22-10-7-20(8-11-22)14-33-29(38)18-43-27-13-21(31(40)34-25)9-12-26(27)42-2/h3-13,25,28H,14-18H2,1-2H3,(H,33,38)(H,34,40)/t25-,28-/m0/s1. The van der Waals surface area contributed by atoms with Crippen molar-refractivity contribution in [3.8, 4) is 17.2 Å². The van der Waals surface area contributed by atoms with Crippen LogP contribution in [0.5, 0.6) is 17.2 Å². The Kier molecular flexibility index (Phi) is 7.88. The number of nitrogens with one attached hydrogen (secondary N) is 2. The van der Waals surface area contributed by atoms with Gasteiger partial charge in [0.15, 0.2) is 18.1 Å². The second-order valence-corrected chi connectivity index (χ2v) is 10.7.